The van der Waals surface area contributed by atoms with Crippen LogP contribution in [-0.4, -0.2) is 28.7 Å². The minimum atomic E-state index is -0.573. The number of esters is 1. The number of hydrogen-bond acceptors (Lipinski definition) is 6. The Morgan fingerprint density at radius 2 is 1.93 bits per heavy atom. The number of amides is 1. The van der Waals surface area contributed by atoms with E-state index in [0.717, 1.165) is 4.90 Å². The Morgan fingerprint density at radius 1 is 1.26 bits per heavy atom. The normalized spacial score (nSPS) is 11.5. The fraction of sp³-hybridized carbons (Fsp3) is 0.222. The Kier molecular flexibility index (Phi) is 7.20. The van der Waals surface area contributed by atoms with Gasteiger partial charge in [0, 0.05) is 22.1 Å². The first-order valence-corrected chi connectivity index (χ1v) is 9.16. The Labute approximate surface area is 165 Å². The first-order valence-electron chi connectivity index (χ1n) is 7.90. The van der Waals surface area contributed by atoms with E-state index in [1.54, 1.807) is 38.1 Å². The monoisotopic (exact) mass is 408 g/mol. The van der Waals surface area contributed by atoms with E-state index in [1.165, 1.54) is 30.0 Å². The number of aryl methyl sites for hydroxylation is 1. The Balaban J connectivity index is 1.87. The maximum absolute atomic E-state index is 12.0. The maximum atomic E-state index is 12.0. The van der Waals surface area contributed by atoms with Gasteiger partial charge in [0.2, 0.25) is 0 Å². The third-order valence-corrected chi connectivity index (χ3v) is 4.85. The number of hydrogen-bond donors (Lipinski definition) is 1. The summed E-state index contributed by atoms with van der Waals surface area (Å²) in [7, 11) is 0. The van der Waals surface area contributed by atoms with Gasteiger partial charge in [0.15, 0.2) is 6.61 Å². The molecule has 7 nitrogen and oxygen atoms in total. The molecule has 0 spiro atoms. The smallest absolute Gasteiger partial charge is 0.319 e. The Hall–Kier alpha value is -2.58. The molecule has 9 heteroatoms. The minimum absolute atomic E-state index is 0.138. The van der Waals surface area contributed by atoms with Crippen LogP contribution < -0.4 is 5.32 Å². The van der Waals surface area contributed by atoms with Crippen molar-refractivity contribution in [3.63, 3.8) is 0 Å². The van der Waals surface area contributed by atoms with Gasteiger partial charge in [-0.1, -0.05) is 17.7 Å². The van der Waals surface area contributed by atoms with Crippen LogP contribution in [0.4, 0.5) is 11.4 Å². The summed E-state index contributed by atoms with van der Waals surface area (Å²) < 4.78 is 5.02. The zero-order chi connectivity index (χ0) is 20.0. The Morgan fingerprint density at radius 3 is 2.56 bits per heavy atom. The van der Waals surface area contributed by atoms with Crippen molar-refractivity contribution < 1.29 is 19.2 Å². The predicted molar refractivity (Wildman–Crippen MR) is 104 cm³/mol. The van der Waals surface area contributed by atoms with E-state index in [2.05, 4.69) is 5.32 Å². The number of anilines is 1. The van der Waals surface area contributed by atoms with Crippen molar-refractivity contribution in [2.45, 2.75) is 24.0 Å². The number of halogens is 1. The molecule has 0 heterocycles. The summed E-state index contributed by atoms with van der Waals surface area (Å²) in [5.74, 6) is -1.11. The third kappa shape index (κ3) is 6.26. The number of nitrogens with zero attached hydrogens (tertiary/aromatic N) is 1. The molecule has 2 aromatic carbocycles. The summed E-state index contributed by atoms with van der Waals surface area (Å²) in [6.07, 6.45) is 0. The quantitative estimate of drug-likeness (QED) is 0.319. The summed E-state index contributed by atoms with van der Waals surface area (Å²) in [6.45, 7) is 2.90. The van der Waals surface area contributed by atoms with Gasteiger partial charge in [-0.05, 0) is 43.7 Å². The van der Waals surface area contributed by atoms with E-state index in [4.69, 9.17) is 16.3 Å². The molecule has 0 fully saturated rings. The highest BCUT2D eigenvalue weighted by atomic mass is 35.5. The number of non-ortho nitro benzene ring substituents is 1. The summed E-state index contributed by atoms with van der Waals surface area (Å²) in [5, 5.41) is 13.4. The molecule has 1 N–H and O–H groups in total. The number of benzene rings is 2. The highest BCUT2D eigenvalue weighted by molar-refractivity contribution is 8.00. The van der Waals surface area contributed by atoms with Crippen molar-refractivity contribution in [3.8, 4) is 0 Å². The van der Waals surface area contributed by atoms with Gasteiger partial charge in [-0.2, -0.15) is 0 Å². The molecule has 0 saturated carbocycles. The summed E-state index contributed by atoms with van der Waals surface area (Å²) in [5.41, 5.74) is 0.821. The fourth-order valence-electron chi connectivity index (χ4n) is 2.06. The number of ether oxygens (including phenoxy) is 1. The van der Waals surface area contributed by atoms with Crippen LogP contribution in [0.25, 0.3) is 0 Å². The molecule has 2 rings (SSSR count). The lowest BCUT2D eigenvalue weighted by atomic mass is 10.2. The molecule has 2 aromatic rings. The van der Waals surface area contributed by atoms with Gasteiger partial charge in [0.25, 0.3) is 11.6 Å². The molecule has 0 aliphatic heterocycles. The lowest BCUT2D eigenvalue weighted by Crippen LogP contribution is -2.25. The van der Waals surface area contributed by atoms with Gasteiger partial charge < -0.3 is 10.1 Å². The largest absolute Gasteiger partial charge is 0.455 e. The molecule has 0 saturated heterocycles. The topological polar surface area (TPSA) is 98.5 Å². The van der Waals surface area contributed by atoms with E-state index < -0.39 is 28.7 Å². The fourth-order valence-corrected chi connectivity index (χ4v) is 3.06. The zero-order valence-electron chi connectivity index (χ0n) is 14.6. The first kappa shape index (κ1) is 20.7. The predicted octanol–water partition coefficient (Wildman–Crippen LogP) is 4.22. The van der Waals surface area contributed by atoms with Crippen LogP contribution in [0.5, 0.6) is 0 Å². The van der Waals surface area contributed by atoms with E-state index in [0.29, 0.717) is 16.3 Å². The molecule has 0 radical (unpaired) electrons. The molecule has 1 amide bonds. The van der Waals surface area contributed by atoms with E-state index in [1.807, 2.05) is 0 Å². The average molecular weight is 409 g/mol. The van der Waals surface area contributed by atoms with E-state index >= 15 is 0 Å². The van der Waals surface area contributed by atoms with E-state index in [9.17, 15) is 19.7 Å². The second-order valence-corrected chi connectivity index (χ2v) is 7.48. The van der Waals surface area contributed by atoms with Crippen LogP contribution in [0, 0.1) is 17.0 Å². The summed E-state index contributed by atoms with van der Waals surface area (Å²) in [6, 6.07) is 11.1. The molecule has 0 bridgehead atoms. The number of carbonyl (C=O) groups is 2. The first-order chi connectivity index (χ1) is 12.8. The highest BCUT2D eigenvalue weighted by Crippen LogP contribution is 2.25. The van der Waals surface area contributed by atoms with Crippen molar-refractivity contribution in [2.24, 2.45) is 0 Å². The van der Waals surface area contributed by atoms with Crippen LogP contribution in [-0.2, 0) is 14.3 Å². The van der Waals surface area contributed by atoms with Crippen LogP contribution in [0.2, 0.25) is 5.02 Å². The molecule has 142 valence electrons. The van der Waals surface area contributed by atoms with Gasteiger partial charge in [-0.3, -0.25) is 19.7 Å². The number of nitro groups is 1. The highest BCUT2D eigenvalue weighted by Gasteiger charge is 2.18. The summed E-state index contributed by atoms with van der Waals surface area (Å²) in [4.78, 5) is 35.2. The molecule has 1 atom stereocenters. The average Bonchev–Trinajstić information content (AvgIpc) is 2.63. The van der Waals surface area contributed by atoms with Crippen molar-refractivity contribution in [2.75, 3.05) is 11.9 Å². The van der Waals surface area contributed by atoms with Crippen LogP contribution in [0.15, 0.2) is 47.4 Å². The third-order valence-electron chi connectivity index (χ3n) is 3.51. The van der Waals surface area contributed by atoms with E-state index in [-0.39, 0.29) is 5.69 Å². The van der Waals surface area contributed by atoms with Gasteiger partial charge in [-0.15, -0.1) is 11.8 Å². The number of rotatable bonds is 7. The molecule has 0 unspecified atom stereocenters. The number of carbonyl (C=O) groups excluding carboxylic acids is 2. The minimum Gasteiger partial charge on any atom is -0.455 e. The van der Waals surface area contributed by atoms with Gasteiger partial charge in [-0.25, -0.2) is 0 Å². The number of nitro benzene ring substituents is 1. The van der Waals surface area contributed by atoms with Crippen molar-refractivity contribution in [1.29, 1.82) is 0 Å². The molecular weight excluding hydrogens is 392 g/mol. The second-order valence-electron chi connectivity index (χ2n) is 5.63. The van der Waals surface area contributed by atoms with Gasteiger partial charge in [0.05, 0.1) is 10.6 Å². The Bertz CT molecular complexity index is 857. The molecule has 0 aliphatic rings. The van der Waals surface area contributed by atoms with Gasteiger partial charge >= 0.3 is 5.97 Å². The van der Waals surface area contributed by atoms with Crippen LogP contribution in [0.1, 0.15) is 12.5 Å². The van der Waals surface area contributed by atoms with Crippen LogP contribution in [0.3, 0.4) is 0 Å². The standard InChI is InChI=1S/C18H17ClN2O5S/c1-11-3-6-14(21(24)25)9-16(11)20-17(22)10-26-18(23)12(2)27-15-7-4-13(19)5-8-15/h3-9,12H,10H2,1-2H3,(H,20,22)/t12-/m1/s1. The maximum Gasteiger partial charge on any atom is 0.319 e. The van der Waals surface area contributed by atoms with Gasteiger partial charge in [0.1, 0.15) is 5.25 Å². The van der Waals surface area contributed by atoms with Crippen molar-refractivity contribution in [3.05, 3.63) is 63.2 Å². The number of thioether (sulfide) groups is 1. The summed E-state index contributed by atoms with van der Waals surface area (Å²) >= 11 is 7.10. The van der Waals surface area contributed by atoms with Crippen molar-refractivity contribution in [1.82, 2.24) is 0 Å². The molecule has 0 aliphatic carbocycles. The molecule has 0 aromatic heterocycles. The van der Waals surface area contributed by atoms with Crippen LogP contribution >= 0.6 is 23.4 Å². The number of nitrogens with one attached hydrogen (secondary N) is 1. The lowest BCUT2D eigenvalue weighted by molar-refractivity contribution is -0.384. The molecular formula is C18H17ClN2O5S. The lowest BCUT2D eigenvalue weighted by Gasteiger charge is -2.12. The second kappa shape index (κ2) is 9.38. The van der Waals surface area contributed by atoms with Crippen molar-refractivity contribution >= 4 is 46.6 Å². The zero-order valence-corrected chi connectivity index (χ0v) is 16.2. The molecule has 27 heavy (non-hydrogen) atoms. The SMILES string of the molecule is Cc1ccc([N+](=O)[O-])cc1NC(=O)COC(=O)[C@@H](C)Sc1ccc(Cl)cc1.